The van der Waals surface area contributed by atoms with Crippen molar-refractivity contribution in [2.75, 3.05) is 7.11 Å². The minimum Gasteiger partial charge on any atom is -0.493 e. The van der Waals surface area contributed by atoms with Gasteiger partial charge < -0.3 is 14.3 Å². The van der Waals surface area contributed by atoms with Crippen LogP contribution in [0, 0.1) is 0 Å². The van der Waals surface area contributed by atoms with E-state index in [1.165, 1.54) is 6.07 Å². The SMILES string of the molecule is COc1cccc2cc(-c3cc(C(=O)O)c4cccc(Cl)c4n3)oc12. The number of rotatable bonds is 3. The maximum absolute atomic E-state index is 11.7. The van der Waals surface area contributed by atoms with Crippen molar-refractivity contribution in [3.8, 4) is 17.2 Å². The summed E-state index contributed by atoms with van der Waals surface area (Å²) in [4.78, 5) is 16.2. The van der Waals surface area contributed by atoms with Crippen LogP contribution in [0.3, 0.4) is 0 Å². The van der Waals surface area contributed by atoms with Crippen molar-refractivity contribution in [3.63, 3.8) is 0 Å². The second kappa shape index (κ2) is 5.79. The molecule has 0 spiro atoms. The van der Waals surface area contributed by atoms with Gasteiger partial charge in [-0.25, -0.2) is 9.78 Å². The van der Waals surface area contributed by atoms with Gasteiger partial charge in [-0.2, -0.15) is 0 Å². The monoisotopic (exact) mass is 353 g/mol. The molecular formula is C19H12ClNO4. The molecule has 0 radical (unpaired) electrons. The normalized spacial score (nSPS) is 11.1. The minimum atomic E-state index is -1.05. The number of fused-ring (bicyclic) bond motifs is 2. The zero-order chi connectivity index (χ0) is 17.6. The first-order valence-corrected chi connectivity index (χ1v) is 7.86. The van der Waals surface area contributed by atoms with Gasteiger partial charge in [-0.05, 0) is 24.3 Å². The molecule has 4 rings (SSSR count). The number of methoxy groups -OCH3 is 1. The fourth-order valence-corrected chi connectivity index (χ4v) is 3.06. The van der Waals surface area contributed by atoms with Gasteiger partial charge in [-0.15, -0.1) is 0 Å². The van der Waals surface area contributed by atoms with Crippen molar-refractivity contribution in [2.24, 2.45) is 0 Å². The summed E-state index contributed by atoms with van der Waals surface area (Å²) < 4.78 is 11.2. The Bertz CT molecular complexity index is 1130. The second-order valence-electron chi connectivity index (χ2n) is 5.49. The first-order valence-electron chi connectivity index (χ1n) is 7.48. The number of carbonyl (C=O) groups is 1. The molecule has 0 atom stereocenters. The van der Waals surface area contributed by atoms with Crippen LogP contribution in [0.25, 0.3) is 33.3 Å². The van der Waals surface area contributed by atoms with E-state index in [4.69, 9.17) is 20.8 Å². The zero-order valence-corrected chi connectivity index (χ0v) is 13.9. The van der Waals surface area contributed by atoms with Gasteiger partial charge in [0.15, 0.2) is 17.1 Å². The van der Waals surface area contributed by atoms with Gasteiger partial charge >= 0.3 is 5.97 Å². The number of carboxylic acid groups (broad SMARTS) is 1. The highest BCUT2D eigenvalue weighted by molar-refractivity contribution is 6.35. The number of aromatic carboxylic acids is 1. The predicted octanol–water partition coefficient (Wildman–Crippen LogP) is 5.01. The van der Waals surface area contributed by atoms with Gasteiger partial charge in [0.2, 0.25) is 0 Å². The predicted molar refractivity (Wildman–Crippen MR) is 95.5 cm³/mol. The Balaban J connectivity index is 2.01. The van der Waals surface area contributed by atoms with Crippen LogP contribution in [0.15, 0.2) is 52.9 Å². The largest absolute Gasteiger partial charge is 0.493 e. The fourth-order valence-electron chi connectivity index (χ4n) is 2.84. The number of para-hydroxylation sites is 2. The summed E-state index contributed by atoms with van der Waals surface area (Å²) in [7, 11) is 1.56. The second-order valence-corrected chi connectivity index (χ2v) is 5.89. The lowest BCUT2D eigenvalue weighted by Gasteiger charge is -2.06. The third-order valence-electron chi connectivity index (χ3n) is 4.00. The molecule has 2 aromatic heterocycles. The van der Waals surface area contributed by atoms with Crippen LogP contribution < -0.4 is 4.74 Å². The number of benzene rings is 2. The summed E-state index contributed by atoms with van der Waals surface area (Å²) >= 11 is 6.21. The molecule has 0 unspecified atom stereocenters. The Morgan fingerprint density at radius 2 is 2.00 bits per heavy atom. The van der Waals surface area contributed by atoms with Crippen LogP contribution in [-0.2, 0) is 0 Å². The molecule has 0 amide bonds. The van der Waals surface area contributed by atoms with Gasteiger partial charge in [-0.1, -0.05) is 35.9 Å². The van der Waals surface area contributed by atoms with E-state index in [2.05, 4.69) is 4.98 Å². The summed E-state index contributed by atoms with van der Waals surface area (Å²) in [5.74, 6) is -0.00513. The number of carboxylic acids is 1. The van der Waals surface area contributed by atoms with E-state index in [0.29, 0.717) is 38.7 Å². The molecule has 5 nitrogen and oxygen atoms in total. The first-order chi connectivity index (χ1) is 12.1. The summed E-state index contributed by atoms with van der Waals surface area (Å²) in [6.45, 7) is 0. The van der Waals surface area contributed by atoms with E-state index in [1.807, 2.05) is 12.1 Å². The van der Waals surface area contributed by atoms with Crippen LogP contribution >= 0.6 is 11.6 Å². The lowest BCUT2D eigenvalue weighted by atomic mass is 10.1. The van der Waals surface area contributed by atoms with Crippen LogP contribution in [0.4, 0.5) is 0 Å². The Labute approximate surface area is 147 Å². The Kier molecular flexibility index (Phi) is 3.58. The Hall–Kier alpha value is -3.05. The number of ether oxygens (including phenoxy) is 1. The summed E-state index contributed by atoms with van der Waals surface area (Å²) in [5, 5.41) is 11.3. The van der Waals surface area contributed by atoms with Crippen molar-refractivity contribution in [1.29, 1.82) is 0 Å². The number of nitrogens with zero attached hydrogens (tertiary/aromatic N) is 1. The lowest BCUT2D eigenvalue weighted by Crippen LogP contribution is -2.00. The first kappa shape index (κ1) is 15.5. The van der Waals surface area contributed by atoms with E-state index >= 15 is 0 Å². The highest BCUT2D eigenvalue weighted by atomic mass is 35.5. The minimum absolute atomic E-state index is 0.120. The quantitative estimate of drug-likeness (QED) is 0.560. The van der Waals surface area contributed by atoms with E-state index in [-0.39, 0.29) is 5.56 Å². The number of hydrogen-bond acceptors (Lipinski definition) is 4. The van der Waals surface area contributed by atoms with Crippen molar-refractivity contribution < 1.29 is 19.1 Å². The highest BCUT2D eigenvalue weighted by Gasteiger charge is 2.17. The average Bonchev–Trinajstić information content (AvgIpc) is 3.05. The van der Waals surface area contributed by atoms with Crippen molar-refractivity contribution in [2.45, 2.75) is 0 Å². The smallest absolute Gasteiger partial charge is 0.336 e. The molecule has 2 heterocycles. The molecule has 0 saturated heterocycles. The molecule has 2 aromatic carbocycles. The molecule has 0 saturated carbocycles. The summed E-state index contributed by atoms with van der Waals surface area (Å²) in [5.41, 5.74) is 1.52. The summed E-state index contributed by atoms with van der Waals surface area (Å²) in [6, 6.07) is 13.9. The standard InChI is InChI=1S/C19H12ClNO4/c1-24-15-7-2-4-10-8-16(25-18(10)15)14-9-12(19(22)23)11-5-3-6-13(20)17(11)21-14/h2-9H,1H3,(H,22,23). The number of aromatic nitrogens is 1. The molecule has 0 aliphatic carbocycles. The topological polar surface area (TPSA) is 72.6 Å². The molecule has 25 heavy (non-hydrogen) atoms. The molecule has 4 aromatic rings. The Morgan fingerprint density at radius 3 is 2.76 bits per heavy atom. The molecule has 124 valence electrons. The maximum atomic E-state index is 11.7. The van der Waals surface area contributed by atoms with Crippen LogP contribution in [-0.4, -0.2) is 23.2 Å². The zero-order valence-electron chi connectivity index (χ0n) is 13.1. The van der Waals surface area contributed by atoms with Crippen LogP contribution in [0.2, 0.25) is 5.02 Å². The Morgan fingerprint density at radius 1 is 1.20 bits per heavy atom. The number of furan rings is 1. The van der Waals surface area contributed by atoms with Crippen molar-refractivity contribution in [3.05, 3.63) is 59.1 Å². The molecular weight excluding hydrogens is 342 g/mol. The van der Waals surface area contributed by atoms with E-state index in [9.17, 15) is 9.90 Å². The van der Waals surface area contributed by atoms with Gasteiger partial charge in [0, 0.05) is 10.8 Å². The lowest BCUT2D eigenvalue weighted by molar-refractivity contribution is 0.0699. The maximum Gasteiger partial charge on any atom is 0.336 e. The molecule has 6 heteroatoms. The highest BCUT2D eigenvalue weighted by Crippen LogP contribution is 2.35. The number of halogens is 1. The van der Waals surface area contributed by atoms with Gasteiger partial charge in [0.25, 0.3) is 0 Å². The molecule has 0 bridgehead atoms. The van der Waals surface area contributed by atoms with Crippen molar-refractivity contribution in [1.82, 2.24) is 4.98 Å². The van der Waals surface area contributed by atoms with Gasteiger partial charge in [0.05, 0.1) is 23.2 Å². The third kappa shape index (κ3) is 2.49. The molecule has 0 fully saturated rings. The van der Waals surface area contributed by atoms with Crippen LogP contribution in [0.5, 0.6) is 5.75 Å². The van der Waals surface area contributed by atoms with Gasteiger partial charge in [-0.3, -0.25) is 0 Å². The number of hydrogen-bond donors (Lipinski definition) is 1. The number of pyridine rings is 1. The van der Waals surface area contributed by atoms with Crippen molar-refractivity contribution >= 4 is 39.4 Å². The molecule has 1 N–H and O–H groups in total. The average molecular weight is 354 g/mol. The van der Waals surface area contributed by atoms with Crippen LogP contribution in [0.1, 0.15) is 10.4 Å². The molecule has 0 aliphatic rings. The summed E-state index contributed by atoms with van der Waals surface area (Å²) in [6.07, 6.45) is 0. The van der Waals surface area contributed by atoms with E-state index in [0.717, 1.165) is 5.39 Å². The van der Waals surface area contributed by atoms with E-state index in [1.54, 1.807) is 37.4 Å². The third-order valence-corrected chi connectivity index (χ3v) is 4.31. The fraction of sp³-hybridized carbons (Fsp3) is 0.0526. The van der Waals surface area contributed by atoms with Gasteiger partial charge in [0.1, 0.15) is 5.69 Å². The molecule has 0 aliphatic heterocycles. The van der Waals surface area contributed by atoms with E-state index < -0.39 is 5.97 Å².